The Balaban J connectivity index is 1.83. The van der Waals surface area contributed by atoms with E-state index in [0.29, 0.717) is 5.69 Å². The quantitative estimate of drug-likeness (QED) is 0.582. The summed E-state index contributed by atoms with van der Waals surface area (Å²) < 4.78 is 13.0. The predicted molar refractivity (Wildman–Crippen MR) is 91.7 cm³/mol. The smallest absolute Gasteiger partial charge is 0.242 e. The summed E-state index contributed by atoms with van der Waals surface area (Å²) in [6.45, 7) is 1.81. The van der Waals surface area contributed by atoms with Crippen molar-refractivity contribution >= 4 is 29.4 Å². The van der Waals surface area contributed by atoms with Crippen LogP contribution >= 0.6 is 0 Å². The molecule has 0 aromatic heterocycles. The van der Waals surface area contributed by atoms with Gasteiger partial charge in [0.2, 0.25) is 17.7 Å². The van der Waals surface area contributed by atoms with Crippen molar-refractivity contribution in [2.75, 3.05) is 18.0 Å². The van der Waals surface area contributed by atoms with Crippen molar-refractivity contribution in [1.29, 1.82) is 0 Å². The molecule has 1 aliphatic heterocycles. The molecule has 27 heavy (non-hydrogen) atoms. The van der Waals surface area contributed by atoms with Gasteiger partial charge in [-0.05, 0) is 44.0 Å². The van der Waals surface area contributed by atoms with Crippen molar-refractivity contribution in [2.24, 2.45) is 5.92 Å². The Bertz CT molecular complexity index is 722. The Morgan fingerprint density at radius 2 is 1.96 bits per heavy atom. The summed E-state index contributed by atoms with van der Waals surface area (Å²) in [5.41, 5.74) is 0.510. The second kappa shape index (κ2) is 9.11. The Hall–Kier alpha value is -2.97. The average molecular weight is 378 g/mol. The molecule has 2 N–H and O–H groups in total. The van der Waals surface area contributed by atoms with Crippen molar-refractivity contribution in [1.82, 2.24) is 10.6 Å². The van der Waals surface area contributed by atoms with Gasteiger partial charge in [-0.1, -0.05) is 0 Å². The van der Waals surface area contributed by atoms with Crippen LogP contribution in [0.15, 0.2) is 24.3 Å². The van der Waals surface area contributed by atoms with Crippen molar-refractivity contribution in [3.63, 3.8) is 0 Å². The van der Waals surface area contributed by atoms with E-state index in [9.17, 15) is 28.7 Å². The van der Waals surface area contributed by atoms with Crippen LogP contribution in [0.5, 0.6) is 0 Å². The Morgan fingerprint density at radius 1 is 1.30 bits per heavy atom. The van der Waals surface area contributed by atoms with Crippen LogP contribution in [0, 0.1) is 11.7 Å². The van der Waals surface area contributed by atoms with Gasteiger partial charge in [0, 0.05) is 31.2 Å². The number of carbonyl (C=O) groups is 4. The van der Waals surface area contributed by atoms with E-state index in [4.69, 9.17) is 0 Å². The number of halogens is 1. The van der Waals surface area contributed by atoms with Gasteiger partial charge in [-0.15, -0.1) is 0 Å². The summed E-state index contributed by atoms with van der Waals surface area (Å²) >= 11 is 0. The first-order chi connectivity index (χ1) is 12.8. The number of nitrogens with one attached hydrogen (secondary N) is 2. The molecule has 2 atom stereocenters. The van der Waals surface area contributed by atoms with Crippen LogP contribution < -0.4 is 20.6 Å². The maximum atomic E-state index is 13.0. The van der Waals surface area contributed by atoms with Crippen molar-refractivity contribution in [2.45, 2.75) is 32.2 Å². The first kappa shape index (κ1) is 20.3. The minimum absolute atomic E-state index is 0.00314. The highest BCUT2D eigenvalue weighted by atomic mass is 19.1. The fraction of sp³-hybridized carbons (Fsp3) is 0.444. The molecule has 0 aliphatic carbocycles. The number of amides is 3. The number of hydrogen-bond acceptors (Lipinski definition) is 5. The predicted octanol–water partition coefficient (Wildman–Crippen LogP) is -0.670. The summed E-state index contributed by atoms with van der Waals surface area (Å²) in [6, 6.07) is 4.59. The van der Waals surface area contributed by atoms with Crippen LogP contribution in [0.25, 0.3) is 0 Å². The highest BCUT2D eigenvalue weighted by Gasteiger charge is 2.36. The van der Waals surface area contributed by atoms with Crippen LogP contribution in [0.2, 0.25) is 0 Å². The third-order valence-corrected chi connectivity index (χ3v) is 4.24. The van der Waals surface area contributed by atoms with E-state index >= 15 is 0 Å². The highest BCUT2D eigenvalue weighted by Crippen LogP contribution is 2.25. The molecule has 1 aromatic carbocycles. The van der Waals surface area contributed by atoms with Gasteiger partial charge in [-0.25, -0.2) is 4.39 Å². The zero-order valence-electron chi connectivity index (χ0n) is 14.9. The van der Waals surface area contributed by atoms with E-state index in [1.807, 2.05) is 0 Å². The fourth-order valence-electron chi connectivity index (χ4n) is 2.75. The molecule has 1 saturated heterocycles. The van der Waals surface area contributed by atoms with E-state index in [1.165, 1.54) is 36.1 Å². The minimum Gasteiger partial charge on any atom is -0.550 e. The van der Waals surface area contributed by atoms with E-state index in [0.717, 1.165) is 0 Å². The molecule has 8 nitrogen and oxygen atoms in total. The first-order valence-corrected chi connectivity index (χ1v) is 8.61. The lowest BCUT2D eigenvalue weighted by atomic mass is 10.1. The number of aliphatic carboxylic acids is 1. The largest absolute Gasteiger partial charge is 0.550 e. The molecule has 1 aliphatic rings. The van der Waals surface area contributed by atoms with Gasteiger partial charge < -0.3 is 25.4 Å². The van der Waals surface area contributed by atoms with E-state index in [-0.39, 0.29) is 38.3 Å². The molecule has 0 unspecified atom stereocenters. The fourth-order valence-corrected chi connectivity index (χ4v) is 2.75. The monoisotopic (exact) mass is 378 g/mol. The van der Waals surface area contributed by atoms with Gasteiger partial charge in [-0.3, -0.25) is 14.4 Å². The van der Waals surface area contributed by atoms with Gasteiger partial charge in [0.05, 0.1) is 5.92 Å². The molecule has 0 radical (unpaired) electrons. The summed E-state index contributed by atoms with van der Waals surface area (Å²) in [6.07, 6.45) is 0.0755. The second-order valence-electron chi connectivity index (χ2n) is 6.38. The summed E-state index contributed by atoms with van der Waals surface area (Å²) in [5, 5.41) is 15.4. The third kappa shape index (κ3) is 5.77. The molecule has 0 saturated carbocycles. The van der Waals surface area contributed by atoms with Crippen LogP contribution in [0.4, 0.5) is 10.1 Å². The van der Waals surface area contributed by atoms with Crippen LogP contribution in [0.1, 0.15) is 26.2 Å². The molecule has 3 amide bonds. The van der Waals surface area contributed by atoms with E-state index in [2.05, 4.69) is 10.6 Å². The minimum atomic E-state index is -1.19. The van der Waals surface area contributed by atoms with Gasteiger partial charge in [0.15, 0.2) is 0 Å². The molecular weight excluding hydrogens is 357 g/mol. The van der Waals surface area contributed by atoms with Gasteiger partial charge in [-0.2, -0.15) is 0 Å². The Kier molecular flexibility index (Phi) is 6.86. The number of nitrogens with zero attached hydrogens (tertiary/aromatic N) is 1. The molecule has 2 rings (SSSR count). The molecule has 1 aromatic rings. The standard InChI is InChI=1S/C18H22FN3O5/c1-11(17(26)20-8-2-3-16(24)25)21-18(27)12-9-15(23)22(10-12)14-6-4-13(19)5-7-14/h4-7,11-12H,2-3,8-10H2,1H3,(H,20,26)(H,21,27)(H,24,25)/p-1/t11-,12+/m0/s1. The SMILES string of the molecule is C[C@H](NC(=O)[C@@H]1CC(=O)N(c2ccc(F)cc2)C1)C(=O)NCCCC(=O)[O-]. The van der Waals surface area contributed by atoms with Crippen molar-refractivity contribution in [3.8, 4) is 0 Å². The van der Waals surface area contributed by atoms with Crippen LogP contribution in [-0.2, 0) is 19.2 Å². The van der Waals surface area contributed by atoms with Gasteiger partial charge in [0.1, 0.15) is 11.9 Å². The molecule has 0 spiro atoms. The topological polar surface area (TPSA) is 119 Å². The number of benzene rings is 1. The lowest BCUT2D eigenvalue weighted by Gasteiger charge is -2.18. The lowest BCUT2D eigenvalue weighted by molar-refractivity contribution is -0.305. The zero-order chi connectivity index (χ0) is 20.0. The molecule has 146 valence electrons. The normalized spacial score (nSPS) is 17.5. The van der Waals surface area contributed by atoms with Crippen LogP contribution in [0.3, 0.4) is 0 Å². The molecule has 0 bridgehead atoms. The van der Waals surface area contributed by atoms with Crippen molar-refractivity contribution in [3.05, 3.63) is 30.1 Å². The number of rotatable bonds is 8. The first-order valence-electron chi connectivity index (χ1n) is 8.61. The highest BCUT2D eigenvalue weighted by molar-refractivity contribution is 6.01. The molecule has 1 heterocycles. The maximum absolute atomic E-state index is 13.0. The zero-order valence-corrected chi connectivity index (χ0v) is 14.9. The lowest BCUT2D eigenvalue weighted by Crippen LogP contribution is -2.47. The Morgan fingerprint density at radius 3 is 2.59 bits per heavy atom. The maximum Gasteiger partial charge on any atom is 0.242 e. The number of carboxylic acid groups (broad SMARTS) is 1. The second-order valence-corrected chi connectivity index (χ2v) is 6.38. The third-order valence-electron chi connectivity index (χ3n) is 4.24. The number of anilines is 1. The molecule has 1 fully saturated rings. The Labute approximate surface area is 155 Å². The molecular formula is C18H21FN3O5-. The summed E-state index contributed by atoms with van der Waals surface area (Å²) in [5.74, 6) is -3.34. The number of carboxylic acids is 1. The molecule has 9 heteroatoms. The average Bonchev–Trinajstić information content (AvgIpc) is 3.01. The van der Waals surface area contributed by atoms with Crippen LogP contribution in [-0.4, -0.2) is 42.8 Å². The van der Waals surface area contributed by atoms with Crippen molar-refractivity contribution < 1.29 is 28.7 Å². The number of carbonyl (C=O) groups excluding carboxylic acids is 4. The van der Waals surface area contributed by atoms with Gasteiger partial charge >= 0.3 is 0 Å². The number of hydrogen-bond donors (Lipinski definition) is 2. The summed E-state index contributed by atoms with van der Waals surface area (Å²) in [7, 11) is 0. The summed E-state index contributed by atoms with van der Waals surface area (Å²) in [4.78, 5) is 48.1. The van der Waals surface area contributed by atoms with E-state index < -0.39 is 35.6 Å². The van der Waals surface area contributed by atoms with Gasteiger partial charge in [0.25, 0.3) is 0 Å². The van der Waals surface area contributed by atoms with E-state index in [1.54, 1.807) is 0 Å².